The molecule has 1 aromatic rings. The molecule has 0 atom stereocenters. The summed E-state index contributed by atoms with van der Waals surface area (Å²) < 4.78 is 0. The van der Waals surface area contributed by atoms with E-state index < -0.39 is 9.85 Å². The standard InChI is InChI=1S/C11H15N3O5/c1-8(2)12(5-6-15)10-4-3-9(13(16)17)7-11(10)14(18)19/h3-4,7-8,15H,5-6H2,1-2H3. The van der Waals surface area contributed by atoms with Gasteiger partial charge in [-0.15, -0.1) is 0 Å². The molecule has 0 spiro atoms. The quantitative estimate of drug-likeness (QED) is 0.621. The van der Waals surface area contributed by atoms with Crippen molar-refractivity contribution >= 4 is 17.1 Å². The second-order valence-electron chi connectivity index (χ2n) is 4.20. The van der Waals surface area contributed by atoms with Crippen molar-refractivity contribution in [2.24, 2.45) is 0 Å². The predicted molar refractivity (Wildman–Crippen MR) is 69.3 cm³/mol. The van der Waals surface area contributed by atoms with Gasteiger partial charge in [0.2, 0.25) is 0 Å². The first-order valence-electron chi connectivity index (χ1n) is 5.68. The van der Waals surface area contributed by atoms with Crippen molar-refractivity contribution in [1.29, 1.82) is 0 Å². The van der Waals surface area contributed by atoms with Gasteiger partial charge in [-0.2, -0.15) is 0 Å². The highest BCUT2D eigenvalue weighted by Crippen LogP contribution is 2.32. The zero-order valence-corrected chi connectivity index (χ0v) is 10.6. The van der Waals surface area contributed by atoms with Gasteiger partial charge in [-0.3, -0.25) is 20.2 Å². The summed E-state index contributed by atoms with van der Waals surface area (Å²) in [5, 5.41) is 30.7. The molecule has 19 heavy (non-hydrogen) atoms. The first-order valence-corrected chi connectivity index (χ1v) is 5.68. The maximum atomic E-state index is 11.0. The number of nitro groups is 2. The van der Waals surface area contributed by atoms with Crippen LogP contribution in [0.25, 0.3) is 0 Å². The number of nitro benzene ring substituents is 2. The van der Waals surface area contributed by atoms with Gasteiger partial charge in [0.05, 0.1) is 22.5 Å². The summed E-state index contributed by atoms with van der Waals surface area (Å²) in [5.74, 6) is 0. The van der Waals surface area contributed by atoms with E-state index in [0.717, 1.165) is 6.07 Å². The molecule has 0 bridgehead atoms. The van der Waals surface area contributed by atoms with Crippen molar-refractivity contribution in [2.75, 3.05) is 18.1 Å². The first kappa shape index (κ1) is 14.8. The van der Waals surface area contributed by atoms with Crippen molar-refractivity contribution in [3.05, 3.63) is 38.4 Å². The fourth-order valence-corrected chi connectivity index (χ4v) is 1.78. The Balaban J connectivity index is 3.32. The maximum Gasteiger partial charge on any atom is 0.299 e. The van der Waals surface area contributed by atoms with Crippen LogP contribution >= 0.6 is 0 Å². The normalized spacial score (nSPS) is 10.5. The van der Waals surface area contributed by atoms with Crippen LogP contribution in [0.5, 0.6) is 0 Å². The molecule has 1 N–H and O–H groups in total. The van der Waals surface area contributed by atoms with Gasteiger partial charge in [-0.25, -0.2) is 0 Å². The van der Waals surface area contributed by atoms with Gasteiger partial charge in [0, 0.05) is 18.7 Å². The fraction of sp³-hybridized carbons (Fsp3) is 0.455. The number of anilines is 1. The summed E-state index contributed by atoms with van der Waals surface area (Å²) in [7, 11) is 0. The molecule has 8 nitrogen and oxygen atoms in total. The number of rotatable bonds is 6. The zero-order valence-electron chi connectivity index (χ0n) is 10.6. The summed E-state index contributed by atoms with van der Waals surface area (Å²) in [6.07, 6.45) is 0. The molecular weight excluding hydrogens is 254 g/mol. The van der Waals surface area contributed by atoms with E-state index in [2.05, 4.69) is 0 Å². The molecule has 8 heteroatoms. The molecule has 0 fully saturated rings. The Bertz CT molecular complexity index is 489. The molecule has 0 aromatic heterocycles. The molecule has 1 rings (SSSR count). The molecule has 0 heterocycles. The Labute approximate surface area is 109 Å². The van der Waals surface area contributed by atoms with E-state index in [1.54, 1.807) is 4.90 Å². The first-order chi connectivity index (χ1) is 8.88. The average molecular weight is 269 g/mol. The Morgan fingerprint density at radius 3 is 2.32 bits per heavy atom. The third kappa shape index (κ3) is 3.38. The number of aliphatic hydroxyl groups excluding tert-OH is 1. The van der Waals surface area contributed by atoms with Crippen LogP contribution in [0.1, 0.15) is 13.8 Å². The summed E-state index contributed by atoms with van der Waals surface area (Å²) in [6, 6.07) is 3.41. The van der Waals surface area contributed by atoms with Gasteiger partial charge in [0.1, 0.15) is 5.69 Å². The van der Waals surface area contributed by atoms with E-state index in [4.69, 9.17) is 5.11 Å². The van der Waals surface area contributed by atoms with Crippen molar-refractivity contribution < 1.29 is 15.0 Å². The SMILES string of the molecule is CC(C)N(CCO)c1ccc([N+](=O)[O-])cc1[N+](=O)[O-]. The highest BCUT2D eigenvalue weighted by molar-refractivity contribution is 5.67. The van der Waals surface area contributed by atoms with Crippen LogP contribution in [-0.2, 0) is 0 Å². The Kier molecular flexibility index (Phi) is 4.76. The molecule has 0 aliphatic carbocycles. The fourth-order valence-electron chi connectivity index (χ4n) is 1.78. The molecular formula is C11H15N3O5. The van der Waals surface area contributed by atoms with E-state index >= 15 is 0 Å². The largest absolute Gasteiger partial charge is 0.395 e. The molecule has 104 valence electrons. The van der Waals surface area contributed by atoms with Crippen LogP contribution < -0.4 is 4.90 Å². The topological polar surface area (TPSA) is 110 Å². The number of non-ortho nitro benzene ring substituents is 1. The Morgan fingerprint density at radius 2 is 1.89 bits per heavy atom. The molecule has 0 aliphatic rings. The van der Waals surface area contributed by atoms with Gasteiger partial charge in [-0.1, -0.05) is 0 Å². The van der Waals surface area contributed by atoms with E-state index in [9.17, 15) is 20.2 Å². The van der Waals surface area contributed by atoms with Crippen LogP contribution in [-0.4, -0.2) is 34.1 Å². The van der Waals surface area contributed by atoms with Crippen LogP contribution in [0.15, 0.2) is 18.2 Å². The van der Waals surface area contributed by atoms with Crippen LogP contribution in [0.3, 0.4) is 0 Å². The lowest BCUT2D eigenvalue weighted by atomic mass is 10.2. The van der Waals surface area contributed by atoms with Crippen molar-refractivity contribution in [2.45, 2.75) is 19.9 Å². The number of nitrogens with zero attached hydrogens (tertiary/aromatic N) is 3. The Morgan fingerprint density at radius 1 is 1.26 bits per heavy atom. The third-order valence-corrected chi connectivity index (χ3v) is 2.64. The smallest absolute Gasteiger partial charge is 0.299 e. The minimum atomic E-state index is -0.678. The summed E-state index contributed by atoms with van der Waals surface area (Å²) in [6.45, 7) is 3.70. The monoisotopic (exact) mass is 269 g/mol. The van der Waals surface area contributed by atoms with E-state index in [1.165, 1.54) is 12.1 Å². The van der Waals surface area contributed by atoms with Gasteiger partial charge in [0.25, 0.3) is 11.4 Å². The van der Waals surface area contributed by atoms with Crippen LogP contribution in [0.2, 0.25) is 0 Å². The maximum absolute atomic E-state index is 11.0. The molecule has 0 saturated heterocycles. The lowest BCUT2D eigenvalue weighted by Gasteiger charge is -2.27. The van der Waals surface area contributed by atoms with E-state index in [1.807, 2.05) is 13.8 Å². The average Bonchev–Trinajstić information content (AvgIpc) is 2.34. The number of hydrogen-bond donors (Lipinski definition) is 1. The van der Waals surface area contributed by atoms with Gasteiger partial charge >= 0.3 is 0 Å². The number of hydrogen-bond acceptors (Lipinski definition) is 6. The van der Waals surface area contributed by atoms with Crippen molar-refractivity contribution in [1.82, 2.24) is 0 Å². The third-order valence-electron chi connectivity index (χ3n) is 2.64. The molecule has 0 unspecified atom stereocenters. The molecule has 1 aromatic carbocycles. The van der Waals surface area contributed by atoms with Crippen LogP contribution in [0.4, 0.5) is 17.1 Å². The van der Waals surface area contributed by atoms with E-state index in [-0.39, 0.29) is 36.3 Å². The van der Waals surface area contributed by atoms with Gasteiger partial charge < -0.3 is 10.0 Å². The predicted octanol–water partition coefficient (Wildman–Crippen LogP) is 1.71. The lowest BCUT2D eigenvalue weighted by Crippen LogP contribution is -2.33. The number of benzene rings is 1. The van der Waals surface area contributed by atoms with E-state index in [0.29, 0.717) is 0 Å². The second-order valence-corrected chi connectivity index (χ2v) is 4.20. The van der Waals surface area contributed by atoms with Crippen molar-refractivity contribution in [3.63, 3.8) is 0 Å². The minimum absolute atomic E-state index is 0.0766. The van der Waals surface area contributed by atoms with Gasteiger partial charge in [-0.05, 0) is 19.9 Å². The number of aliphatic hydroxyl groups is 1. The summed E-state index contributed by atoms with van der Waals surface area (Å²) >= 11 is 0. The highest BCUT2D eigenvalue weighted by atomic mass is 16.6. The molecule has 0 saturated carbocycles. The lowest BCUT2D eigenvalue weighted by molar-refractivity contribution is -0.393. The molecule has 0 aliphatic heterocycles. The molecule has 0 amide bonds. The summed E-state index contributed by atoms with van der Waals surface area (Å²) in [5.41, 5.74) is -0.404. The second kappa shape index (κ2) is 6.10. The minimum Gasteiger partial charge on any atom is -0.395 e. The van der Waals surface area contributed by atoms with Crippen molar-refractivity contribution in [3.8, 4) is 0 Å². The molecule has 0 radical (unpaired) electrons. The Hall–Kier alpha value is -2.22. The summed E-state index contributed by atoms with van der Waals surface area (Å²) in [4.78, 5) is 22.0. The van der Waals surface area contributed by atoms with Gasteiger partial charge in [0.15, 0.2) is 0 Å². The highest BCUT2D eigenvalue weighted by Gasteiger charge is 2.24. The zero-order chi connectivity index (χ0) is 14.6. The van der Waals surface area contributed by atoms with Crippen LogP contribution in [0, 0.1) is 20.2 Å².